The van der Waals surface area contributed by atoms with Gasteiger partial charge in [-0.05, 0) is 19.8 Å². The molecule has 2 nitrogen and oxygen atoms in total. The summed E-state index contributed by atoms with van der Waals surface area (Å²) in [5.41, 5.74) is 6.81. The van der Waals surface area contributed by atoms with Crippen LogP contribution in [0.25, 0.3) is 0 Å². The van der Waals surface area contributed by atoms with Gasteiger partial charge in [-0.15, -0.1) is 0 Å². The van der Waals surface area contributed by atoms with Crippen LogP contribution in [0.2, 0.25) is 0 Å². The fraction of sp³-hybridized carbons (Fsp3) is 0.778. The first-order valence-corrected chi connectivity index (χ1v) is 4.22. The summed E-state index contributed by atoms with van der Waals surface area (Å²) in [5, 5.41) is 0. The van der Waals surface area contributed by atoms with Crippen molar-refractivity contribution in [1.29, 1.82) is 0 Å². The molecule has 1 unspecified atom stereocenters. The first-order chi connectivity index (χ1) is 5.07. The minimum atomic E-state index is 0.294. The molecule has 0 bridgehead atoms. The summed E-state index contributed by atoms with van der Waals surface area (Å²) < 4.78 is 0. The van der Waals surface area contributed by atoms with Gasteiger partial charge in [0.1, 0.15) is 0 Å². The van der Waals surface area contributed by atoms with Crippen molar-refractivity contribution in [3.8, 4) is 0 Å². The molecule has 0 rings (SSSR count). The molecule has 0 fully saturated rings. The van der Waals surface area contributed by atoms with Crippen molar-refractivity contribution in [2.45, 2.75) is 32.7 Å². The van der Waals surface area contributed by atoms with Crippen molar-refractivity contribution in [2.24, 2.45) is 5.73 Å². The van der Waals surface area contributed by atoms with Crippen molar-refractivity contribution < 1.29 is 0 Å². The summed E-state index contributed by atoms with van der Waals surface area (Å²) in [6.07, 6.45) is 2.06. The topological polar surface area (TPSA) is 29.3 Å². The van der Waals surface area contributed by atoms with E-state index in [9.17, 15) is 0 Å². The molecule has 0 amide bonds. The quantitative estimate of drug-likeness (QED) is 0.655. The molecule has 0 radical (unpaired) electrons. The van der Waals surface area contributed by atoms with E-state index in [0.29, 0.717) is 6.04 Å². The Bertz CT molecular complexity index is 119. The van der Waals surface area contributed by atoms with Crippen molar-refractivity contribution in [1.82, 2.24) is 4.90 Å². The Balaban J connectivity index is 3.52. The van der Waals surface area contributed by atoms with E-state index >= 15 is 0 Å². The maximum Gasteiger partial charge on any atom is 0.0186 e. The lowest BCUT2D eigenvalue weighted by Gasteiger charge is -2.21. The van der Waals surface area contributed by atoms with Crippen LogP contribution < -0.4 is 5.73 Å². The van der Waals surface area contributed by atoms with Gasteiger partial charge >= 0.3 is 0 Å². The van der Waals surface area contributed by atoms with Gasteiger partial charge in [0.2, 0.25) is 0 Å². The number of nitrogens with two attached hydrogens (primary N) is 1. The minimum Gasteiger partial charge on any atom is -0.378 e. The molecule has 0 aromatic rings. The number of allylic oxidation sites excluding steroid dienone is 1. The fourth-order valence-electron chi connectivity index (χ4n) is 0.825. The van der Waals surface area contributed by atoms with Crippen molar-refractivity contribution in [3.63, 3.8) is 0 Å². The number of rotatable bonds is 5. The van der Waals surface area contributed by atoms with Crippen LogP contribution in [0.1, 0.15) is 26.7 Å². The summed E-state index contributed by atoms with van der Waals surface area (Å²) in [5.74, 6) is 0. The van der Waals surface area contributed by atoms with E-state index in [-0.39, 0.29) is 0 Å². The van der Waals surface area contributed by atoms with E-state index < -0.39 is 0 Å². The molecule has 0 spiro atoms. The molecule has 66 valence electrons. The lowest BCUT2D eigenvalue weighted by molar-refractivity contribution is 0.385. The van der Waals surface area contributed by atoms with Crippen LogP contribution in [-0.2, 0) is 0 Å². The first-order valence-electron chi connectivity index (χ1n) is 4.22. The molecule has 0 aliphatic heterocycles. The van der Waals surface area contributed by atoms with Crippen LogP contribution in [-0.4, -0.2) is 24.5 Å². The normalized spacial score (nSPS) is 12.7. The second-order valence-electron chi connectivity index (χ2n) is 3.11. The zero-order valence-electron chi connectivity index (χ0n) is 7.93. The molecule has 0 aliphatic carbocycles. The molecule has 0 aromatic heterocycles. The van der Waals surface area contributed by atoms with Gasteiger partial charge in [-0.1, -0.05) is 13.5 Å². The molecule has 0 saturated heterocycles. The highest BCUT2D eigenvalue weighted by molar-refractivity contribution is 4.90. The number of nitrogens with zero attached hydrogens (tertiary/aromatic N) is 1. The Morgan fingerprint density at radius 2 is 2.18 bits per heavy atom. The van der Waals surface area contributed by atoms with Crippen LogP contribution >= 0.6 is 0 Å². The first kappa shape index (κ1) is 10.5. The predicted molar refractivity (Wildman–Crippen MR) is 50.3 cm³/mol. The van der Waals surface area contributed by atoms with Gasteiger partial charge in [0.15, 0.2) is 0 Å². The maximum atomic E-state index is 5.63. The molecule has 2 N–H and O–H groups in total. The van der Waals surface area contributed by atoms with Gasteiger partial charge in [0.05, 0.1) is 0 Å². The van der Waals surface area contributed by atoms with Gasteiger partial charge in [0.25, 0.3) is 0 Å². The summed E-state index contributed by atoms with van der Waals surface area (Å²) >= 11 is 0. The molecular formula is C9H20N2. The lowest BCUT2D eigenvalue weighted by atomic mass is 10.2. The third-order valence-corrected chi connectivity index (χ3v) is 1.87. The van der Waals surface area contributed by atoms with Crippen molar-refractivity contribution in [3.05, 3.63) is 12.3 Å². The van der Waals surface area contributed by atoms with Crippen molar-refractivity contribution >= 4 is 0 Å². The number of hydrogen-bond donors (Lipinski definition) is 1. The van der Waals surface area contributed by atoms with Crippen LogP contribution in [0.5, 0.6) is 0 Å². The highest BCUT2D eigenvalue weighted by Gasteiger charge is 2.00. The van der Waals surface area contributed by atoms with E-state index in [1.54, 1.807) is 0 Å². The molecule has 11 heavy (non-hydrogen) atoms. The Morgan fingerprint density at radius 3 is 2.55 bits per heavy atom. The van der Waals surface area contributed by atoms with Crippen LogP contribution in [0.15, 0.2) is 12.3 Å². The molecular weight excluding hydrogens is 136 g/mol. The highest BCUT2D eigenvalue weighted by Crippen LogP contribution is 2.03. The summed E-state index contributed by atoms with van der Waals surface area (Å²) in [6.45, 7) is 9.10. The third-order valence-electron chi connectivity index (χ3n) is 1.87. The van der Waals surface area contributed by atoms with Gasteiger partial charge in [0, 0.05) is 25.3 Å². The van der Waals surface area contributed by atoms with E-state index in [1.807, 2.05) is 6.92 Å². The Labute approximate surface area is 70.1 Å². The zero-order valence-corrected chi connectivity index (χ0v) is 7.93. The maximum absolute atomic E-state index is 5.63. The molecule has 0 saturated carbocycles. The molecule has 1 atom stereocenters. The average molecular weight is 156 g/mol. The Kier molecular flexibility index (Phi) is 4.95. The van der Waals surface area contributed by atoms with E-state index in [2.05, 4.69) is 25.5 Å². The second kappa shape index (κ2) is 5.19. The Hall–Kier alpha value is -0.500. The average Bonchev–Trinajstić information content (AvgIpc) is 1.98. The van der Waals surface area contributed by atoms with Gasteiger partial charge in [-0.25, -0.2) is 0 Å². The second-order valence-corrected chi connectivity index (χ2v) is 3.11. The van der Waals surface area contributed by atoms with Crippen LogP contribution in [0.3, 0.4) is 0 Å². The monoisotopic (exact) mass is 156 g/mol. The summed E-state index contributed by atoms with van der Waals surface area (Å²) in [4.78, 5) is 2.17. The minimum absolute atomic E-state index is 0.294. The van der Waals surface area contributed by atoms with E-state index in [1.165, 1.54) is 5.70 Å². The molecule has 0 heterocycles. The third kappa shape index (κ3) is 4.85. The smallest absolute Gasteiger partial charge is 0.0186 e. The van der Waals surface area contributed by atoms with Crippen LogP contribution in [0, 0.1) is 0 Å². The van der Waals surface area contributed by atoms with Gasteiger partial charge < -0.3 is 10.6 Å². The largest absolute Gasteiger partial charge is 0.378 e. The standard InChI is InChI=1S/C9H20N2/c1-5-9(3)11(4)7-6-8(2)10/h8H,3,5-7,10H2,1-2,4H3. The number of hydrogen-bond acceptors (Lipinski definition) is 2. The predicted octanol–water partition coefficient (Wildman–Crippen LogP) is 1.58. The highest BCUT2D eigenvalue weighted by atomic mass is 15.1. The molecule has 0 aromatic carbocycles. The summed E-state index contributed by atoms with van der Waals surface area (Å²) in [7, 11) is 2.06. The molecule has 0 aliphatic rings. The van der Waals surface area contributed by atoms with Crippen molar-refractivity contribution in [2.75, 3.05) is 13.6 Å². The lowest BCUT2D eigenvalue weighted by Crippen LogP contribution is -2.25. The zero-order chi connectivity index (χ0) is 8.85. The van der Waals surface area contributed by atoms with Gasteiger partial charge in [-0.2, -0.15) is 0 Å². The summed E-state index contributed by atoms with van der Waals surface area (Å²) in [6, 6.07) is 0.294. The molecule has 2 heteroatoms. The van der Waals surface area contributed by atoms with Crippen LogP contribution in [0.4, 0.5) is 0 Å². The fourth-order valence-corrected chi connectivity index (χ4v) is 0.825. The Morgan fingerprint density at radius 1 is 1.64 bits per heavy atom. The van der Waals surface area contributed by atoms with E-state index in [4.69, 9.17) is 5.73 Å². The van der Waals surface area contributed by atoms with Gasteiger partial charge in [-0.3, -0.25) is 0 Å². The SMILES string of the molecule is C=C(CC)N(C)CCC(C)N. The van der Waals surface area contributed by atoms with E-state index in [0.717, 1.165) is 19.4 Å².